The Morgan fingerprint density at radius 1 is 1.05 bits per heavy atom. The molecule has 0 unspecified atom stereocenters. The standard InChI is InChI=1S/C18H19NO3/c1-14-13-16(15-5-3-2-4-6-15)7-8-17(14)22-18(20)19-9-11-21-12-10-19/h2-8,13H,9-12H2,1H3. The van der Waals surface area contributed by atoms with Gasteiger partial charge < -0.3 is 14.4 Å². The Kier molecular flexibility index (Phi) is 4.39. The number of benzene rings is 2. The molecule has 4 nitrogen and oxygen atoms in total. The SMILES string of the molecule is Cc1cc(-c2ccccc2)ccc1OC(=O)N1CCOCC1. The summed E-state index contributed by atoms with van der Waals surface area (Å²) in [6, 6.07) is 16.0. The highest BCUT2D eigenvalue weighted by molar-refractivity contribution is 5.72. The van der Waals surface area contributed by atoms with Crippen molar-refractivity contribution < 1.29 is 14.3 Å². The first-order chi connectivity index (χ1) is 10.7. The zero-order valence-electron chi connectivity index (χ0n) is 12.6. The van der Waals surface area contributed by atoms with Gasteiger partial charge >= 0.3 is 6.09 Å². The van der Waals surface area contributed by atoms with Crippen molar-refractivity contribution in [1.29, 1.82) is 0 Å². The molecule has 0 spiro atoms. The van der Waals surface area contributed by atoms with Crippen LogP contribution in [0.4, 0.5) is 4.79 Å². The second-order valence-electron chi connectivity index (χ2n) is 5.31. The van der Waals surface area contributed by atoms with Crippen LogP contribution in [-0.4, -0.2) is 37.3 Å². The maximum Gasteiger partial charge on any atom is 0.415 e. The minimum Gasteiger partial charge on any atom is -0.410 e. The Labute approximate surface area is 130 Å². The molecule has 0 N–H and O–H groups in total. The summed E-state index contributed by atoms with van der Waals surface area (Å²) in [7, 11) is 0. The molecule has 0 radical (unpaired) electrons. The largest absolute Gasteiger partial charge is 0.415 e. The average molecular weight is 297 g/mol. The number of ether oxygens (including phenoxy) is 2. The van der Waals surface area contributed by atoms with Crippen molar-refractivity contribution in [3.05, 3.63) is 54.1 Å². The van der Waals surface area contributed by atoms with Gasteiger partial charge in [-0.05, 0) is 35.7 Å². The number of morpholine rings is 1. The van der Waals surface area contributed by atoms with E-state index in [4.69, 9.17) is 9.47 Å². The zero-order valence-corrected chi connectivity index (χ0v) is 12.6. The number of hydrogen-bond donors (Lipinski definition) is 0. The van der Waals surface area contributed by atoms with E-state index in [-0.39, 0.29) is 6.09 Å². The number of aryl methyl sites for hydroxylation is 1. The summed E-state index contributed by atoms with van der Waals surface area (Å²) in [5.74, 6) is 0.608. The van der Waals surface area contributed by atoms with Crippen molar-refractivity contribution in [2.75, 3.05) is 26.3 Å². The predicted molar refractivity (Wildman–Crippen MR) is 85.0 cm³/mol. The van der Waals surface area contributed by atoms with Crippen LogP contribution in [0.1, 0.15) is 5.56 Å². The molecule has 22 heavy (non-hydrogen) atoms. The Morgan fingerprint density at radius 2 is 1.77 bits per heavy atom. The van der Waals surface area contributed by atoms with E-state index < -0.39 is 0 Å². The lowest BCUT2D eigenvalue weighted by molar-refractivity contribution is 0.0415. The van der Waals surface area contributed by atoms with Gasteiger partial charge in [-0.2, -0.15) is 0 Å². The molecule has 4 heteroatoms. The number of nitrogens with zero attached hydrogens (tertiary/aromatic N) is 1. The van der Waals surface area contributed by atoms with E-state index in [0.29, 0.717) is 32.1 Å². The molecule has 0 aliphatic carbocycles. The summed E-state index contributed by atoms with van der Waals surface area (Å²) in [4.78, 5) is 13.8. The highest BCUT2D eigenvalue weighted by atomic mass is 16.6. The fourth-order valence-electron chi connectivity index (χ4n) is 2.48. The van der Waals surface area contributed by atoms with Crippen molar-refractivity contribution in [2.24, 2.45) is 0 Å². The molecule has 1 aliphatic rings. The lowest BCUT2D eigenvalue weighted by Gasteiger charge is -2.26. The fraction of sp³-hybridized carbons (Fsp3) is 0.278. The quantitative estimate of drug-likeness (QED) is 0.851. The molecule has 0 atom stereocenters. The van der Waals surface area contributed by atoms with Crippen LogP contribution in [0.2, 0.25) is 0 Å². The van der Waals surface area contributed by atoms with E-state index in [2.05, 4.69) is 12.1 Å². The van der Waals surface area contributed by atoms with Gasteiger partial charge in [0.05, 0.1) is 13.2 Å². The number of rotatable bonds is 2. The highest BCUT2D eigenvalue weighted by Gasteiger charge is 2.19. The average Bonchev–Trinajstić information content (AvgIpc) is 2.58. The molecule has 0 bridgehead atoms. The zero-order chi connectivity index (χ0) is 15.4. The Hall–Kier alpha value is -2.33. The number of amides is 1. The van der Waals surface area contributed by atoms with E-state index in [1.807, 2.05) is 43.3 Å². The Morgan fingerprint density at radius 3 is 2.45 bits per heavy atom. The van der Waals surface area contributed by atoms with Gasteiger partial charge in [0, 0.05) is 13.1 Å². The summed E-state index contributed by atoms with van der Waals surface area (Å²) in [5, 5.41) is 0. The summed E-state index contributed by atoms with van der Waals surface area (Å²) in [6.45, 7) is 4.26. The topological polar surface area (TPSA) is 38.8 Å². The molecular weight excluding hydrogens is 278 g/mol. The summed E-state index contributed by atoms with van der Waals surface area (Å²) in [5.41, 5.74) is 3.21. The number of hydrogen-bond acceptors (Lipinski definition) is 3. The van der Waals surface area contributed by atoms with Crippen LogP contribution in [-0.2, 0) is 4.74 Å². The minimum atomic E-state index is -0.307. The maximum absolute atomic E-state index is 12.1. The van der Waals surface area contributed by atoms with Crippen molar-refractivity contribution in [2.45, 2.75) is 6.92 Å². The second kappa shape index (κ2) is 6.62. The van der Waals surface area contributed by atoms with Gasteiger partial charge in [0.25, 0.3) is 0 Å². The van der Waals surface area contributed by atoms with Crippen LogP contribution in [0.25, 0.3) is 11.1 Å². The van der Waals surface area contributed by atoms with Crippen LogP contribution < -0.4 is 4.74 Å². The van der Waals surface area contributed by atoms with Crippen molar-refractivity contribution in [1.82, 2.24) is 4.90 Å². The van der Waals surface area contributed by atoms with Gasteiger partial charge in [0.15, 0.2) is 0 Å². The lowest BCUT2D eigenvalue weighted by atomic mass is 10.0. The third-order valence-electron chi connectivity index (χ3n) is 3.75. The molecule has 3 rings (SSSR count). The van der Waals surface area contributed by atoms with Crippen LogP contribution in [0.5, 0.6) is 5.75 Å². The van der Waals surface area contributed by atoms with Gasteiger partial charge in [-0.15, -0.1) is 0 Å². The smallest absolute Gasteiger partial charge is 0.410 e. The molecule has 1 aliphatic heterocycles. The first-order valence-corrected chi connectivity index (χ1v) is 7.44. The van der Waals surface area contributed by atoms with E-state index in [9.17, 15) is 4.79 Å². The molecule has 0 aromatic heterocycles. The third kappa shape index (κ3) is 3.28. The van der Waals surface area contributed by atoms with Gasteiger partial charge in [0.2, 0.25) is 0 Å². The summed E-state index contributed by atoms with van der Waals surface area (Å²) < 4.78 is 10.7. The van der Waals surface area contributed by atoms with E-state index in [1.54, 1.807) is 4.90 Å². The van der Waals surface area contributed by atoms with Crippen LogP contribution in [0.15, 0.2) is 48.5 Å². The molecule has 1 saturated heterocycles. The molecular formula is C18H19NO3. The number of carbonyl (C=O) groups excluding carboxylic acids is 1. The Balaban J connectivity index is 1.73. The normalized spacial score (nSPS) is 14.7. The molecule has 1 amide bonds. The van der Waals surface area contributed by atoms with Crippen LogP contribution in [0, 0.1) is 6.92 Å². The van der Waals surface area contributed by atoms with Crippen molar-refractivity contribution >= 4 is 6.09 Å². The fourth-order valence-corrected chi connectivity index (χ4v) is 2.48. The molecule has 0 saturated carbocycles. The molecule has 114 valence electrons. The van der Waals surface area contributed by atoms with Crippen molar-refractivity contribution in [3.63, 3.8) is 0 Å². The molecule has 1 heterocycles. The van der Waals surface area contributed by atoms with Crippen LogP contribution in [0.3, 0.4) is 0 Å². The first kappa shape index (κ1) is 14.6. The number of carbonyl (C=O) groups is 1. The minimum absolute atomic E-state index is 0.307. The van der Waals surface area contributed by atoms with E-state index in [0.717, 1.165) is 16.7 Å². The van der Waals surface area contributed by atoms with Gasteiger partial charge in [0.1, 0.15) is 5.75 Å². The monoisotopic (exact) mass is 297 g/mol. The third-order valence-corrected chi connectivity index (χ3v) is 3.75. The van der Waals surface area contributed by atoms with Crippen molar-refractivity contribution in [3.8, 4) is 16.9 Å². The first-order valence-electron chi connectivity index (χ1n) is 7.44. The highest BCUT2D eigenvalue weighted by Crippen LogP contribution is 2.26. The van der Waals surface area contributed by atoms with Crippen LogP contribution >= 0.6 is 0 Å². The van der Waals surface area contributed by atoms with E-state index >= 15 is 0 Å². The maximum atomic E-state index is 12.1. The van der Waals surface area contributed by atoms with Gasteiger partial charge in [-0.1, -0.05) is 36.4 Å². The predicted octanol–water partition coefficient (Wildman–Crippen LogP) is 3.49. The molecule has 1 fully saturated rings. The summed E-state index contributed by atoms with van der Waals surface area (Å²) in [6.07, 6.45) is -0.307. The van der Waals surface area contributed by atoms with E-state index in [1.165, 1.54) is 0 Å². The van der Waals surface area contributed by atoms with Gasteiger partial charge in [-0.3, -0.25) is 0 Å². The lowest BCUT2D eigenvalue weighted by Crippen LogP contribution is -2.42. The second-order valence-corrected chi connectivity index (χ2v) is 5.31. The Bertz CT molecular complexity index is 649. The molecule has 2 aromatic carbocycles. The van der Waals surface area contributed by atoms with Gasteiger partial charge in [-0.25, -0.2) is 4.79 Å². The molecule has 2 aromatic rings. The summed E-state index contributed by atoms with van der Waals surface area (Å²) >= 11 is 0.